The van der Waals surface area contributed by atoms with Gasteiger partial charge in [0.15, 0.2) is 0 Å². The van der Waals surface area contributed by atoms with Gasteiger partial charge in [0.2, 0.25) is 0 Å². The molecule has 1 heteroatoms. The lowest BCUT2D eigenvalue weighted by molar-refractivity contribution is 0.0328. The predicted octanol–water partition coefficient (Wildman–Crippen LogP) is 2.38. The molecule has 0 heterocycles. The molecule has 3 aliphatic carbocycles. The first-order valence-corrected chi connectivity index (χ1v) is 5.23. The van der Waals surface area contributed by atoms with Crippen molar-refractivity contribution in [3.05, 3.63) is 24.8 Å². The van der Waals surface area contributed by atoms with Crippen molar-refractivity contribution in [3.8, 4) is 0 Å². The third kappa shape index (κ3) is 1.35. The van der Waals surface area contributed by atoms with Gasteiger partial charge < -0.3 is 5.11 Å². The normalized spacial score (nSPS) is 44.8. The second-order valence-electron chi connectivity index (χ2n) is 4.45. The minimum Gasteiger partial charge on any atom is -0.389 e. The molecule has 2 bridgehead atoms. The Morgan fingerprint density at radius 2 is 2.00 bits per heavy atom. The van der Waals surface area contributed by atoms with Crippen LogP contribution in [0.2, 0.25) is 0 Å². The van der Waals surface area contributed by atoms with Gasteiger partial charge in [-0.1, -0.05) is 25.2 Å². The Labute approximate surface area is 80.2 Å². The average Bonchev–Trinajstić information content (AvgIpc) is 2.18. The van der Waals surface area contributed by atoms with E-state index in [4.69, 9.17) is 0 Å². The molecule has 1 saturated carbocycles. The second-order valence-corrected chi connectivity index (χ2v) is 4.45. The summed E-state index contributed by atoms with van der Waals surface area (Å²) in [5.74, 6) is 2.33. The molecule has 0 aromatic rings. The molecular weight excluding hydrogens is 160 g/mol. The molecule has 0 aliphatic heterocycles. The van der Waals surface area contributed by atoms with Gasteiger partial charge in [-0.2, -0.15) is 0 Å². The number of fused-ring (bicyclic) bond motifs is 2. The van der Waals surface area contributed by atoms with E-state index in [1.165, 1.54) is 12.8 Å². The quantitative estimate of drug-likeness (QED) is 0.644. The fraction of sp³-hybridized carbons (Fsp3) is 0.667. The predicted molar refractivity (Wildman–Crippen MR) is 54.2 cm³/mol. The van der Waals surface area contributed by atoms with Gasteiger partial charge in [-0.05, 0) is 36.5 Å². The van der Waals surface area contributed by atoms with Crippen LogP contribution in [-0.4, -0.2) is 11.2 Å². The van der Waals surface area contributed by atoms with Crippen molar-refractivity contribution in [2.24, 2.45) is 23.7 Å². The van der Waals surface area contributed by atoms with Gasteiger partial charge in [0.1, 0.15) is 0 Å². The average molecular weight is 178 g/mol. The number of allylic oxidation sites excluding steroid dienone is 2. The second kappa shape index (κ2) is 3.30. The minimum absolute atomic E-state index is 0.312. The number of aliphatic hydroxyl groups excluding tert-OH is 1. The molecule has 0 radical (unpaired) electrons. The summed E-state index contributed by atoms with van der Waals surface area (Å²) in [7, 11) is 0. The summed E-state index contributed by atoms with van der Waals surface area (Å²) in [6, 6.07) is 0. The molecule has 0 saturated heterocycles. The van der Waals surface area contributed by atoms with E-state index < -0.39 is 0 Å². The molecular formula is C12H18O. The highest BCUT2D eigenvalue weighted by molar-refractivity contribution is 5.11. The summed E-state index contributed by atoms with van der Waals surface area (Å²) >= 11 is 0. The summed E-state index contributed by atoms with van der Waals surface area (Å²) in [5, 5.41) is 9.82. The van der Waals surface area contributed by atoms with E-state index in [0.717, 1.165) is 0 Å². The molecule has 1 N–H and O–H groups in total. The van der Waals surface area contributed by atoms with Crippen molar-refractivity contribution in [2.75, 3.05) is 0 Å². The Kier molecular flexibility index (Phi) is 2.29. The molecule has 1 fully saturated rings. The lowest BCUT2D eigenvalue weighted by Crippen LogP contribution is -2.41. The van der Waals surface area contributed by atoms with Crippen LogP contribution in [0.5, 0.6) is 0 Å². The summed E-state index contributed by atoms with van der Waals surface area (Å²) in [5.41, 5.74) is 0. The van der Waals surface area contributed by atoms with Crippen LogP contribution in [0, 0.1) is 23.7 Å². The first kappa shape index (κ1) is 9.01. The summed E-state index contributed by atoms with van der Waals surface area (Å²) in [4.78, 5) is 0. The van der Waals surface area contributed by atoms with Crippen LogP contribution >= 0.6 is 0 Å². The van der Waals surface area contributed by atoms with E-state index in [1.807, 2.05) is 0 Å². The van der Waals surface area contributed by atoms with E-state index in [1.54, 1.807) is 6.08 Å². The first-order valence-electron chi connectivity index (χ1n) is 5.23. The largest absolute Gasteiger partial charge is 0.389 e. The summed E-state index contributed by atoms with van der Waals surface area (Å²) in [6.07, 6.45) is 8.57. The van der Waals surface area contributed by atoms with Crippen molar-refractivity contribution >= 4 is 0 Å². The minimum atomic E-state index is -0.312. The fourth-order valence-electron chi connectivity index (χ4n) is 3.02. The molecule has 13 heavy (non-hydrogen) atoms. The maximum absolute atomic E-state index is 9.82. The van der Waals surface area contributed by atoms with Crippen LogP contribution in [-0.2, 0) is 0 Å². The first-order chi connectivity index (χ1) is 6.24. The van der Waals surface area contributed by atoms with Crippen LogP contribution in [0.3, 0.4) is 0 Å². The highest BCUT2D eigenvalue weighted by Crippen LogP contribution is 2.45. The van der Waals surface area contributed by atoms with Crippen LogP contribution in [0.25, 0.3) is 0 Å². The van der Waals surface area contributed by atoms with Crippen molar-refractivity contribution in [1.82, 2.24) is 0 Å². The zero-order chi connectivity index (χ0) is 9.42. The van der Waals surface area contributed by atoms with Crippen molar-refractivity contribution < 1.29 is 5.11 Å². The summed E-state index contributed by atoms with van der Waals surface area (Å²) in [6.45, 7) is 5.94. The maximum atomic E-state index is 9.82. The van der Waals surface area contributed by atoms with Gasteiger partial charge in [-0.15, -0.1) is 6.58 Å². The Hall–Kier alpha value is -0.560. The molecule has 3 aliphatic rings. The van der Waals surface area contributed by atoms with Crippen LogP contribution in [0.1, 0.15) is 19.8 Å². The van der Waals surface area contributed by atoms with Gasteiger partial charge in [0, 0.05) is 0 Å². The molecule has 1 unspecified atom stereocenters. The molecule has 0 amide bonds. The van der Waals surface area contributed by atoms with Crippen LogP contribution in [0.15, 0.2) is 24.8 Å². The van der Waals surface area contributed by atoms with Gasteiger partial charge in [-0.3, -0.25) is 0 Å². The van der Waals surface area contributed by atoms with Crippen molar-refractivity contribution in [2.45, 2.75) is 25.9 Å². The fourth-order valence-corrected chi connectivity index (χ4v) is 3.02. The van der Waals surface area contributed by atoms with Crippen LogP contribution in [0.4, 0.5) is 0 Å². The molecule has 0 aromatic heterocycles. The maximum Gasteiger partial charge on any atom is 0.0754 e. The zero-order valence-electron chi connectivity index (χ0n) is 8.19. The van der Waals surface area contributed by atoms with E-state index in [-0.39, 0.29) is 6.10 Å². The lowest BCUT2D eigenvalue weighted by Gasteiger charge is -2.45. The molecule has 3 rings (SSSR count). The van der Waals surface area contributed by atoms with Gasteiger partial charge in [-0.25, -0.2) is 0 Å². The van der Waals surface area contributed by atoms with Gasteiger partial charge >= 0.3 is 0 Å². The third-order valence-electron chi connectivity index (χ3n) is 3.85. The molecule has 0 spiro atoms. The molecule has 0 aromatic carbocycles. The zero-order valence-corrected chi connectivity index (χ0v) is 8.19. The van der Waals surface area contributed by atoms with E-state index in [9.17, 15) is 5.11 Å². The summed E-state index contributed by atoms with van der Waals surface area (Å²) < 4.78 is 0. The Balaban J connectivity index is 2.20. The Morgan fingerprint density at radius 1 is 1.38 bits per heavy atom. The van der Waals surface area contributed by atoms with Crippen molar-refractivity contribution in [1.29, 1.82) is 0 Å². The molecule has 5 atom stereocenters. The monoisotopic (exact) mass is 178 g/mol. The van der Waals surface area contributed by atoms with E-state index >= 15 is 0 Å². The highest BCUT2D eigenvalue weighted by Gasteiger charge is 2.40. The highest BCUT2D eigenvalue weighted by atomic mass is 16.3. The smallest absolute Gasteiger partial charge is 0.0754 e. The Bertz CT molecular complexity index is 231. The number of hydrogen-bond acceptors (Lipinski definition) is 1. The van der Waals surface area contributed by atoms with Gasteiger partial charge in [0.05, 0.1) is 6.10 Å². The topological polar surface area (TPSA) is 20.2 Å². The lowest BCUT2D eigenvalue weighted by atomic mass is 9.61. The van der Waals surface area contributed by atoms with Crippen LogP contribution < -0.4 is 0 Å². The SMILES string of the molecule is C=CC(O)[C@@H]1[C@@H](C)[C@@H]2C=C[C@H]1CC2. The van der Waals surface area contributed by atoms with Crippen molar-refractivity contribution in [3.63, 3.8) is 0 Å². The Morgan fingerprint density at radius 3 is 2.46 bits per heavy atom. The molecule has 1 nitrogen and oxygen atoms in total. The number of aliphatic hydroxyl groups is 1. The number of hydrogen-bond donors (Lipinski definition) is 1. The van der Waals surface area contributed by atoms with E-state index in [2.05, 4.69) is 25.7 Å². The third-order valence-corrected chi connectivity index (χ3v) is 3.85. The van der Waals surface area contributed by atoms with Gasteiger partial charge in [0.25, 0.3) is 0 Å². The molecule has 72 valence electrons. The standard InChI is InChI=1S/C12H18O/c1-3-11(13)12-8(2)9-4-6-10(12)7-5-9/h3-4,6,8-13H,1,5,7H2,2H3/t8-,9+,10-,11?,12+/m0/s1. The van der Waals surface area contributed by atoms with E-state index in [0.29, 0.717) is 23.7 Å². The number of rotatable bonds is 2.